The minimum absolute atomic E-state index is 0.244. The summed E-state index contributed by atoms with van der Waals surface area (Å²) in [4.78, 5) is 27.0. The lowest BCUT2D eigenvalue weighted by Gasteiger charge is -2.19. The van der Waals surface area contributed by atoms with Crippen molar-refractivity contribution in [3.05, 3.63) is 22.4 Å². The van der Waals surface area contributed by atoms with Crippen molar-refractivity contribution in [2.75, 3.05) is 13.1 Å². The molecule has 6 heteroatoms. The molecule has 0 radical (unpaired) electrons. The van der Waals surface area contributed by atoms with Crippen molar-refractivity contribution in [3.63, 3.8) is 0 Å². The minimum atomic E-state index is -0.982. The molecule has 1 aromatic heterocycles. The maximum absolute atomic E-state index is 12.1. The largest absolute Gasteiger partial charge is 0.480 e. The summed E-state index contributed by atoms with van der Waals surface area (Å²) in [6.45, 7) is 0.285. The van der Waals surface area contributed by atoms with E-state index in [1.807, 2.05) is 0 Å². The van der Waals surface area contributed by atoms with Crippen LogP contribution in [0.15, 0.2) is 16.7 Å². The van der Waals surface area contributed by atoms with Gasteiger partial charge in [-0.3, -0.25) is 9.59 Å². The van der Waals surface area contributed by atoms with E-state index in [0.29, 0.717) is 18.2 Å². The molecule has 1 amide bonds. The summed E-state index contributed by atoms with van der Waals surface area (Å²) in [7, 11) is 0. The van der Waals surface area contributed by atoms with E-state index in [1.165, 1.54) is 4.90 Å². The van der Waals surface area contributed by atoms with Crippen LogP contribution in [-0.2, 0) is 4.79 Å². The fraction of sp³-hybridized carbons (Fsp3) is 0.455. The number of carbonyl (C=O) groups excluding carboxylic acids is 1. The Balaban J connectivity index is 2.07. The smallest absolute Gasteiger partial charge is 0.323 e. The van der Waals surface area contributed by atoms with Gasteiger partial charge in [0.1, 0.15) is 12.2 Å². The number of nitrogens with one attached hydrogen (secondary N) is 1. The fourth-order valence-electron chi connectivity index (χ4n) is 1.66. The number of carboxylic acid groups (broad SMARTS) is 1. The number of carboxylic acids is 1. The first kappa shape index (κ1) is 12.2. The molecule has 0 aliphatic heterocycles. The number of nitrogens with zero attached hydrogens (tertiary/aromatic N) is 1. The molecule has 2 rings (SSSR count). The van der Waals surface area contributed by atoms with E-state index >= 15 is 0 Å². The maximum atomic E-state index is 12.1. The molecule has 92 valence electrons. The van der Waals surface area contributed by atoms with Gasteiger partial charge in [-0.2, -0.15) is 0 Å². The molecule has 1 heterocycles. The van der Waals surface area contributed by atoms with Gasteiger partial charge in [-0.15, -0.1) is 0 Å². The van der Waals surface area contributed by atoms with Crippen molar-refractivity contribution in [2.24, 2.45) is 5.92 Å². The molecule has 1 aromatic rings. The standard InChI is InChI=1S/C11H13BrN2O3/c12-8-3-9(13-4-8)11(17)14(6-10(15)16)5-7-1-2-7/h3-4,7,13H,1-2,5-6H2,(H,15,16). The average Bonchev–Trinajstić information content (AvgIpc) is 2.96. The third-order valence-electron chi connectivity index (χ3n) is 2.67. The third kappa shape index (κ3) is 3.33. The van der Waals surface area contributed by atoms with Crippen LogP contribution in [0.1, 0.15) is 23.3 Å². The van der Waals surface area contributed by atoms with Crippen LogP contribution < -0.4 is 0 Å². The van der Waals surface area contributed by atoms with E-state index < -0.39 is 5.97 Å². The predicted octanol–water partition coefficient (Wildman–Crippen LogP) is 1.71. The molecule has 1 aliphatic carbocycles. The number of H-pyrrole nitrogens is 1. The molecule has 0 spiro atoms. The van der Waals surface area contributed by atoms with Gasteiger partial charge in [0.2, 0.25) is 0 Å². The summed E-state index contributed by atoms with van der Waals surface area (Å²) in [6, 6.07) is 1.66. The van der Waals surface area contributed by atoms with Crippen LogP contribution in [0.3, 0.4) is 0 Å². The average molecular weight is 301 g/mol. The normalized spacial score (nSPS) is 14.6. The molecule has 0 saturated heterocycles. The van der Waals surface area contributed by atoms with Crippen LogP contribution in [0.2, 0.25) is 0 Å². The zero-order valence-electron chi connectivity index (χ0n) is 9.15. The second kappa shape index (κ2) is 4.91. The highest BCUT2D eigenvalue weighted by Gasteiger charge is 2.28. The van der Waals surface area contributed by atoms with Gasteiger partial charge in [0.15, 0.2) is 0 Å². The van der Waals surface area contributed by atoms with Crippen LogP contribution in [0, 0.1) is 5.92 Å². The van der Waals surface area contributed by atoms with Gasteiger partial charge in [0, 0.05) is 17.2 Å². The van der Waals surface area contributed by atoms with E-state index in [1.54, 1.807) is 12.3 Å². The zero-order chi connectivity index (χ0) is 12.4. The van der Waals surface area contributed by atoms with E-state index in [0.717, 1.165) is 17.3 Å². The first-order valence-electron chi connectivity index (χ1n) is 5.41. The Morgan fingerprint density at radius 1 is 1.53 bits per heavy atom. The lowest BCUT2D eigenvalue weighted by Crippen LogP contribution is -2.37. The Kier molecular flexibility index (Phi) is 3.51. The van der Waals surface area contributed by atoms with E-state index in [2.05, 4.69) is 20.9 Å². The van der Waals surface area contributed by atoms with Crippen molar-refractivity contribution in [1.82, 2.24) is 9.88 Å². The summed E-state index contributed by atoms with van der Waals surface area (Å²) in [5.74, 6) is -0.772. The number of hydrogen-bond donors (Lipinski definition) is 2. The molecular weight excluding hydrogens is 288 g/mol. The number of aliphatic carboxylic acids is 1. The van der Waals surface area contributed by atoms with Crippen LogP contribution in [0.25, 0.3) is 0 Å². The summed E-state index contributed by atoms with van der Waals surface area (Å²) in [6.07, 6.45) is 3.82. The van der Waals surface area contributed by atoms with Crippen LogP contribution >= 0.6 is 15.9 Å². The van der Waals surface area contributed by atoms with Crippen molar-refractivity contribution in [3.8, 4) is 0 Å². The highest BCUT2D eigenvalue weighted by Crippen LogP contribution is 2.30. The number of aromatic amines is 1. The zero-order valence-corrected chi connectivity index (χ0v) is 10.7. The van der Waals surface area contributed by atoms with Gasteiger partial charge in [-0.05, 0) is 40.8 Å². The highest BCUT2D eigenvalue weighted by atomic mass is 79.9. The number of carbonyl (C=O) groups is 2. The Morgan fingerprint density at radius 2 is 2.24 bits per heavy atom. The Morgan fingerprint density at radius 3 is 2.71 bits per heavy atom. The van der Waals surface area contributed by atoms with E-state index in [-0.39, 0.29) is 12.5 Å². The minimum Gasteiger partial charge on any atom is -0.480 e. The molecule has 1 fully saturated rings. The topological polar surface area (TPSA) is 73.4 Å². The number of amides is 1. The third-order valence-corrected chi connectivity index (χ3v) is 3.12. The molecule has 1 aliphatic rings. The predicted molar refractivity (Wildman–Crippen MR) is 64.8 cm³/mol. The van der Waals surface area contributed by atoms with E-state index in [9.17, 15) is 9.59 Å². The van der Waals surface area contributed by atoms with Crippen molar-refractivity contribution < 1.29 is 14.7 Å². The van der Waals surface area contributed by atoms with Gasteiger partial charge in [-0.25, -0.2) is 0 Å². The molecule has 17 heavy (non-hydrogen) atoms. The first-order valence-corrected chi connectivity index (χ1v) is 6.20. The van der Waals surface area contributed by atoms with E-state index in [4.69, 9.17) is 5.11 Å². The van der Waals surface area contributed by atoms with Crippen molar-refractivity contribution >= 4 is 27.8 Å². The number of aromatic nitrogens is 1. The monoisotopic (exact) mass is 300 g/mol. The van der Waals surface area contributed by atoms with Crippen LogP contribution in [-0.4, -0.2) is 40.0 Å². The molecule has 1 saturated carbocycles. The summed E-state index contributed by atoms with van der Waals surface area (Å²) in [5.41, 5.74) is 0.416. The molecule has 5 nitrogen and oxygen atoms in total. The number of halogens is 1. The SMILES string of the molecule is O=C(O)CN(CC1CC1)C(=O)c1cc(Br)c[nH]1. The number of hydrogen-bond acceptors (Lipinski definition) is 2. The second-order valence-corrected chi connectivity index (χ2v) is 5.17. The lowest BCUT2D eigenvalue weighted by molar-refractivity contribution is -0.137. The quantitative estimate of drug-likeness (QED) is 0.869. The Bertz CT molecular complexity index is 440. The van der Waals surface area contributed by atoms with Crippen LogP contribution in [0.5, 0.6) is 0 Å². The van der Waals surface area contributed by atoms with Gasteiger partial charge in [0.05, 0.1) is 0 Å². The maximum Gasteiger partial charge on any atom is 0.323 e. The molecule has 0 unspecified atom stereocenters. The van der Waals surface area contributed by atoms with Gasteiger partial charge >= 0.3 is 5.97 Å². The summed E-state index contributed by atoms with van der Waals surface area (Å²) < 4.78 is 0.780. The van der Waals surface area contributed by atoms with Crippen LogP contribution in [0.4, 0.5) is 0 Å². The first-order chi connectivity index (χ1) is 8.06. The molecule has 0 atom stereocenters. The second-order valence-electron chi connectivity index (χ2n) is 4.25. The van der Waals surface area contributed by atoms with Crippen molar-refractivity contribution in [1.29, 1.82) is 0 Å². The Labute approximate surface area is 107 Å². The van der Waals surface area contributed by atoms with Gasteiger partial charge < -0.3 is 15.0 Å². The molecular formula is C11H13BrN2O3. The number of rotatable bonds is 5. The van der Waals surface area contributed by atoms with Crippen molar-refractivity contribution in [2.45, 2.75) is 12.8 Å². The summed E-state index contributed by atoms with van der Waals surface area (Å²) >= 11 is 3.25. The fourth-order valence-corrected chi connectivity index (χ4v) is 2.00. The molecule has 2 N–H and O–H groups in total. The summed E-state index contributed by atoms with van der Waals surface area (Å²) in [5, 5.41) is 8.80. The molecule has 0 bridgehead atoms. The Hall–Kier alpha value is -1.30. The highest BCUT2D eigenvalue weighted by molar-refractivity contribution is 9.10. The lowest BCUT2D eigenvalue weighted by atomic mass is 10.3. The molecule has 0 aromatic carbocycles. The van der Waals surface area contributed by atoms with Gasteiger partial charge in [0.25, 0.3) is 5.91 Å². The van der Waals surface area contributed by atoms with Gasteiger partial charge in [-0.1, -0.05) is 0 Å².